The summed E-state index contributed by atoms with van der Waals surface area (Å²) in [5, 5.41) is 2.65. The predicted octanol–water partition coefficient (Wildman–Crippen LogP) is 3.72. The summed E-state index contributed by atoms with van der Waals surface area (Å²) in [6.07, 6.45) is 4.66. The number of nitrogens with zero attached hydrogens (tertiary/aromatic N) is 2. The monoisotopic (exact) mass is 238 g/mol. The second-order valence-corrected chi connectivity index (χ2v) is 4.93. The van der Waals surface area contributed by atoms with Crippen molar-refractivity contribution in [3.63, 3.8) is 0 Å². The third kappa shape index (κ3) is 1.57. The van der Waals surface area contributed by atoms with Crippen molar-refractivity contribution in [2.45, 2.75) is 20.0 Å². The van der Waals surface area contributed by atoms with Crippen LogP contribution in [0.25, 0.3) is 10.8 Å². The van der Waals surface area contributed by atoms with E-state index in [-0.39, 0.29) is 0 Å². The average Bonchev–Trinajstić information content (AvgIpc) is 2.71. The quantitative estimate of drug-likeness (QED) is 0.747. The predicted molar refractivity (Wildman–Crippen MR) is 77.5 cm³/mol. The summed E-state index contributed by atoms with van der Waals surface area (Å²) in [5.41, 5.74) is 2.64. The Labute approximate surface area is 108 Å². The Hall–Kier alpha value is -1.96. The maximum Gasteiger partial charge on any atom is 0.102 e. The zero-order chi connectivity index (χ0) is 12.7. The van der Waals surface area contributed by atoms with Crippen LogP contribution in [0.3, 0.4) is 0 Å². The van der Waals surface area contributed by atoms with Crippen molar-refractivity contribution in [1.82, 2.24) is 4.90 Å². The van der Waals surface area contributed by atoms with Crippen LogP contribution < -0.4 is 4.90 Å². The minimum Gasteiger partial charge on any atom is -0.359 e. The highest BCUT2D eigenvalue weighted by Crippen LogP contribution is 2.31. The second-order valence-electron chi connectivity index (χ2n) is 4.93. The molecule has 0 fully saturated rings. The molecule has 1 aliphatic heterocycles. The molecule has 3 rings (SSSR count). The smallest absolute Gasteiger partial charge is 0.102 e. The van der Waals surface area contributed by atoms with E-state index in [4.69, 9.17) is 0 Å². The highest BCUT2D eigenvalue weighted by Gasteiger charge is 2.21. The lowest BCUT2D eigenvalue weighted by Crippen LogP contribution is -2.33. The van der Waals surface area contributed by atoms with Crippen LogP contribution in [0.2, 0.25) is 0 Å². The van der Waals surface area contributed by atoms with Crippen molar-refractivity contribution in [3.8, 4) is 0 Å². The first-order chi connectivity index (χ1) is 8.68. The average molecular weight is 238 g/mol. The van der Waals surface area contributed by atoms with Crippen LogP contribution in [0.5, 0.6) is 0 Å². The van der Waals surface area contributed by atoms with E-state index < -0.39 is 0 Å². The van der Waals surface area contributed by atoms with E-state index in [9.17, 15) is 0 Å². The van der Waals surface area contributed by atoms with E-state index in [1.54, 1.807) is 0 Å². The van der Waals surface area contributed by atoms with Crippen LogP contribution in [-0.4, -0.2) is 18.1 Å². The highest BCUT2D eigenvalue weighted by atomic mass is 15.4. The lowest BCUT2D eigenvalue weighted by atomic mass is 10.0. The molecule has 1 aliphatic rings. The number of rotatable bonds is 1. The molecule has 0 saturated heterocycles. The zero-order valence-corrected chi connectivity index (χ0v) is 11.1. The molecule has 0 unspecified atom stereocenters. The van der Waals surface area contributed by atoms with E-state index in [0.717, 1.165) is 0 Å². The molecule has 0 spiro atoms. The van der Waals surface area contributed by atoms with Gasteiger partial charge in [0.1, 0.15) is 6.17 Å². The van der Waals surface area contributed by atoms with Crippen LogP contribution >= 0.6 is 0 Å². The molecule has 1 heterocycles. The molecule has 0 aromatic heterocycles. The van der Waals surface area contributed by atoms with Crippen molar-refractivity contribution in [2.24, 2.45) is 0 Å². The van der Waals surface area contributed by atoms with E-state index >= 15 is 0 Å². The lowest BCUT2D eigenvalue weighted by Gasteiger charge is -2.28. The van der Waals surface area contributed by atoms with Gasteiger partial charge in [0.2, 0.25) is 0 Å². The van der Waals surface area contributed by atoms with E-state index in [1.165, 1.54) is 22.0 Å². The van der Waals surface area contributed by atoms with Gasteiger partial charge in [0.25, 0.3) is 0 Å². The standard InChI is InChI=1S/C16H18N2/c1-12-15-7-5-4-6-14(15)8-9-16(12)18-11-10-17(3)13(18)2/h4-11,13H,1-3H3/t13-/m0/s1. The second kappa shape index (κ2) is 4.05. The Morgan fingerprint density at radius 3 is 2.50 bits per heavy atom. The maximum atomic E-state index is 2.32. The molecule has 2 aromatic rings. The van der Waals surface area contributed by atoms with Gasteiger partial charge in [-0.2, -0.15) is 0 Å². The van der Waals surface area contributed by atoms with Gasteiger partial charge in [-0.15, -0.1) is 0 Å². The maximum absolute atomic E-state index is 2.32. The Balaban J connectivity index is 2.14. The molecular weight excluding hydrogens is 220 g/mol. The molecule has 0 bridgehead atoms. The van der Waals surface area contributed by atoms with Gasteiger partial charge in [-0.05, 0) is 36.2 Å². The molecular formula is C16H18N2. The normalized spacial score (nSPS) is 18.9. The molecule has 0 saturated carbocycles. The Kier molecular flexibility index (Phi) is 2.51. The van der Waals surface area contributed by atoms with Crippen LogP contribution in [0.15, 0.2) is 48.8 Å². The van der Waals surface area contributed by atoms with Crippen LogP contribution in [-0.2, 0) is 0 Å². The van der Waals surface area contributed by atoms with Gasteiger partial charge < -0.3 is 9.80 Å². The molecule has 1 atom stereocenters. The molecule has 0 radical (unpaired) electrons. The number of anilines is 1. The third-order valence-corrected chi connectivity index (χ3v) is 3.90. The van der Waals surface area contributed by atoms with Gasteiger partial charge in [0.15, 0.2) is 0 Å². The summed E-state index contributed by atoms with van der Waals surface area (Å²) in [6, 6.07) is 13.0. The number of hydrogen-bond donors (Lipinski definition) is 0. The summed E-state index contributed by atoms with van der Waals surface area (Å²) in [7, 11) is 2.11. The molecule has 2 heteroatoms. The first-order valence-corrected chi connectivity index (χ1v) is 6.35. The highest BCUT2D eigenvalue weighted by molar-refractivity contribution is 5.90. The van der Waals surface area contributed by atoms with Gasteiger partial charge in [0, 0.05) is 25.1 Å². The first kappa shape index (κ1) is 11.1. The summed E-state index contributed by atoms with van der Waals surface area (Å²) >= 11 is 0. The minimum atomic E-state index is 0.380. The minimum absolute atomic E-state index is 0.380. The fraction of sp³-hybridized carbons (Fsp3) is 0.250. The third-order valence-electron chi connectivity index (χ3n) is 3.90. The van der Waals surface area contributed by atoms with Crippen molar-refractivity contribution < 1.29 is 0 Å². The van der Waals surface area contributed by atoms with E-state index in [0.29, 0.717) is 6.17 Å². The summed E-state index contributed by atoms with van der Waals surface area (Å²) in [5.74, 6) is 0. The van der Waals surface area contributed by atoms with E-state index in [1.807, 2.05) is 0 Å². The van der Waals surface area contributed by atoms with Gasteiger partial charge >= 0.3 is 0 Å². The van der Waals surface area contributed by atoms with Gasteiger partial charge in [-0.1, -0.05) is 30.3 Å². The summed E-state index contributed by atoms with van der Waals surface area (Å²) in [4.78, 5) is 4.54. The fourth-order valence-corrected chi connectivity index (χ4v) is 2.60. The van der Waals surface area contributed by atoms with Crippen molar-refractivity contribution >= 4 is 16.5 Å². The Morgan fingerprint density at radius 1 is 1.00 bits per heavy atom. The van der Waals surface area contributed by atoms with Gasteiger partial charge in [-0.25, -0.2) is 0 Å². The SMILES string of the molecule is Cc1c(N2C=CN(C)[C@@H]2C)ccc2ccccc12. The van der Waals surface area contributed by atoms with Crippen molar-refractivity contribution in [2.75, 3.05) is 11.9 Å². The largest absolute Gasteiger partial charge is 0.359 e. The number of hydrogen-bond acceptors (Lipinski definition) is 2. The summed E-state index contributed by atoms with van der Waals surface area (Å²) < 4.78 is 0. The zero-order valence-electron chi connectivity index (χ0n) is 11.1. The molecule has 2 nitrogen and oxygen atoms in total. The lowest BCUT2D eigenvalue weighted by molar-refractivity contribution is 0.383. The summed E-state index contributed by atoms with van der Waals surface area (Å²) in [6.45, 7) is 4.42. The molecule has 2 aromatic carbocycles. The van der Waals surface area contributed by atoms with Crippen LogP contribution in [0.1, 0.15) is 12.5 Å². The van der Waals surface area contributed by atoms with Crippen LogP contribution in [0, 0.1) is 6.92 Å². The topological polar surface area (TPSA) is 6.48 Å². The Bertz CT molecular complexity index is 616. The van der Waals surface area contributed by atoms with E-state index in [2.05, 4.69) is 79.5 Å². The molecule has 0 N–H and O–H groups in total. The van der Waals surface area contributed by atoms with Crippen molar-refractivity contribution in [3.05, 3.63) is 54.4 Å². The fourth-order valence-electron chi connectivity index (χ4n) is 2.60. The Morgan fingerprint density at radius 2 is 1.78 bits per heavy atom. The molecule has 0 aliphatic carbocycles. The van der Waals surface area contributed by atoms with Crippen LogP contribution in [0.4, 0.5) is 5.69 Å². The number of fused-ring (bicyclic) bond motifs is 1. The number of aryl methyl sites for hydroxylation is 1. The molecule has 92 valence electrons. The number of benzene rings is 2. The van der Waals surface area contributed by atoms with Gasteiger partial charge in [0.05, 0.1) is 0 Å². The first-order valence-electron chi connectivity index (χ1n) is 6.35. The van der Waals surface area contributed by atoms with Gasteiger partial charge in [-0.3, -0.25) is 0 Å². The molecule has 18 heavy (non-hydrogen) atoms. The van der Waals surface area contributed by atoms with Crippen molar-refractivity contribution in [1.29, 1.82) is 0 Å². The molecule has 0 amide bonds.